The lowest BCUT2D eigenvalue weighted by molar-refractivity contribution is -0.116. The maximum absolute atomic E-state index is 12.8. The lowest BCUT2D eigenvalue weighted by atomic mass is 10.1. The van der Waals surface area contributed by atoms with Gasteiger partial charge < -0.3 is 10.1 Å². The number of carbonyl (C=O) groups excluding carboxylic acids is 1. The van der Waals surface area contributed by atoms with Crippen LogP contribution in [0.4, 0.5) is 5.69 Å². The molecule has 2 aromatic heterocycles. The van der Waals surface area contributed by atoms with Crippen molar-refractivity contribution in [1.82, 2.24) is 14.8 Å². The number of halogens is 1. The molecule has 3 aromatic rings. The zero-order valence-electron chi connectivity index (χ0n) is 16.1. The number of rotatable bonds is 6. The molecule has 0 atom stereocenters. The Bertz CT molecular complexity index is 1060. The van der Waals surface area contributed by atoms with Gasteiger partial charge in [0.05, 0.1) is 18.5 Å². The van der Waals surface area contributed by atoms with Gasteiger partial charge in [0.2, 0.25) is 11.0 Å². The first-order valence-electron chi connectivity index (χ1n) is 8.68. The third-order valence-corrected chi connectivity index (χ3v) is 5.73. The van der Waals surface area contributed by atoms with E-state index in [0.717, 1.165) is 16.3 Å². The summed E-state index contributed by atoms with van der Waals surface area (Å²) in [5, 5.41) is 6.93. The molecule has 0 saturated carbocycles. The first-order chi connectivity index (χ1) is 13.3. The van der Waals surface area contributed by atoms with E-state index in [1.165, 1.54) is 23.1 Å². The van der Waals surface area contributed by atoms with Gasteiger partial charge in [-0.2, -0.15) is 4.68 Å². The summed E-state index contributed by atoms with van der Waals surface area (Å²) < 4.78 is 6.67. The second-order valence-electron chi connectivity index (χ2n) is 6.39. The van der Waals surface area contributed by atoms with Crippen molar-refractivity contribution in [3.63, 3.8) is 0 Å². The number of thiazole rings is 1. The Hall–Kier alpha value is -2.58. The van der Waals surface area contributed by atoms with E-state index in [-0.39, 0.29) is 17.9 Å². The van der Waals surface area contributed by atoms with E-state index < -0.39 is 0 Å². The summed E-state index contributed by atoms with van der Waals surface area (Å²) >= 11 is 7.44. The first kappa shape index (κ1) is 20.2. The number of anilines is 1. The molecule has 0 aliphatic carbocycles. The van der Waals surface area contributed by atoms with Crippen LogP contribution in [0.5, 0.6) is 5.75 Å². The Morgan fingerprint density at radius 2 is 2.11 bits per heavy atom. The average Bonchev–Trinajstić information content (AvgIpc) is 3.12. The van der Waals surface area contributed by atoms with Gasteiger partial charge in [-0.25, -0.2) is 4.98 Å². The van der Waals surface area contributed by atoms with Crippen LogP contribution in [-0.2, 0) is 11.2 Å². The Morgan fingerprint density at radius 1 is 1.36 bits per heavy atom. The number of aromatic nitrogens is 3. The SMILES string of the molecule is COc1ccc(Cl)cc1NC(=O)CCc1c(C)[nH]n(-c2nc(C)c(C)s2)c1=O. The second-order valence-corrected chi connectivity index (χ2v) is 8.00. The standard InChI is InChI=1S/C19H21ClN4O3S/c1-10-12(3)28-19(21-10)24-18(26)14(11(2)23-24)6-8-17(25)22-15-9-13(20)5-7-16(15)27-4/h5,7,9,23H,6,8H2,1-4H3,(H,22,25). The Morgan fingerprint density at radius 3 is 2.75 bits per heavy atom. The van der Waals surface area contributed by atoms with Crippen LogP contribution in [0.2, 0.25) is 5.02 Å². The molecule has 0 aliphatic rings. The molecule has 0 bridgehead atoms. The van der Waals surface area contributed by atoms with Crippen molar-refractivity contribution in [3.8, 4) is 10.9 Å². The van der Waals surface area contributed by atoms with E-state index in [0.29, 0.717) is 33.6 Å². The molecule has 7 nitrogen and oxygen atoms in total. The van der Waals surface area contributed by atoms with Gasteiger partial charge in [-0.15, -0.1) is 0 Å². The van der Waals surface area contributed by atoms with Crippen molar-refractivity contribution in [2.75, 3.05) is 12.4 Å². The van der Waals surface area contributed by atoms with Gasteiger partial charge in [-0.1, -0.05) is 22.9 Å². The van der Waals surface area contributed by atoms with Crippen molar-refractivity contribution in [2.45, 2.75) is 33.6 Å². The smallest absolute Gasteiger partial charge is 0.276 e. The minimum Gasteiger partial charge on any atom is -0.495 e. The number of aryl methyl sites for hydroxylation is 3. The van der Waals surface area contributed by atoms with E-state index in [9.17, 15) is 9.59 Å². The average molecular weight is 421 g/mol. The van der Waals surface area contributed by atoms with Crippen LogP contribution in [0, 0.1) is 20.8 Å². The molecule has 148 valence electrons. The molecule has 2 N–H and O–H groups in total. The van der Waals surface area contributed by atoms with Crippen LogP contribution in [0.1, 0.15) is 28.2 Å². The molecular weight excluding hydrogens is 400 g/mol. The molecule has 2 heterocycles. The number of amides is 1. The Kier molecular flexibility index (Phi) is 5.90. The summed E-state index contributed by atoms with van der Waals surface area (Å²) in [6.07, 6.45) is 0.464. The predicted molar refractivity (Wildman–Crippen MR) is 111 cm³/mol. The van der Waals surface area contributed by atoms with Gasteiger partial charge >= 0.3 is 0 Å². The maximum Gasteiger partial charge on any atom is 0.276 e. The Balaban J connectivity index is 1.74. The number of methoxy groups -OCH3 is 1. The highest BCUT2D eigenvalue weighted by Crippen LogP contribution is 2.27. The molecule has 3 rings (SSSR count). The van der Waals surface area contributed by atoms with Crippen LogP contribution in [0.15, 0.2) is 23.0 Å². The number of hydrogen-bond acceptors (Lipinski definition) is 5. The van der Waals surface area contributed by atoms with Crippen molar-refractivity contribution in [1.29, 1.82) is 0 Å². The van der Waals surface area contributed by atoms with Gasteiger partial charge in [0.1, 0.15) is 5.75 Å². The van der Waals surface area contributed by atoms with Crippen LogP contribution < -0.4 is 15.6 Å². The van der Waals surface area contributed by atoms with Gasteiger partial charge in [0.15, 0.2) is 0 Å². The summed E-state index contributed by atoms with van der Waals surface area (Å²) in [5.74, 6) is 0.292. The van der Waals surface area contributed by atoms with Crippen LogP contribution >= 0.6 is 22.9 Å². The summed E-state index contributed by atoms with van der Waals surface area (Å²) in [4.78, 5) is 30.6. The fourth-order valence-corrected chi connectivity index (χ4v) is 3.83. The highest BCUT2D eigenvalue weighted by molar-refractivity contribution is 7.14. The van der Waals surface area contributed by atoms with E-state index in [1.54, 1.807) is 18.2 Å². The normalized spacial score (nSPS) is 10.9. The number of ether oxygens (including phenoxy) is 1. The third-order valence-electron chi connectivity index (χ3n) is 4.44. The molecule has 0 unspecified atom stereocenters. The van der Waals surface area contributed by atoms with Crippen LogP contribution in [-0.4, -0.2) is 27.8 Å². The zero-order chi connectivity index (χ0) is 20.4. The number of nitrogens with one attached hydrogen (secondary N) is 2. The second kappa shape index (κ2) is 8.20. The summed E-state index contributed by atoms with van der Waals surface area (Å²) in [6.45, 7) is 5.69. The number of carbonyl (C=O) groups is 1. The first-order valence-corrected chi connectivity index (χ1v) is 9.88. The molecule has 28 heavy (non-hydrogen) atoms. The van der Waals surface area contributed by atoms with Crippen molar-refractivity contribution in [2.24, 2.45) is 0 Å². The number of benzene rings is 1. The minimum atomic E-state index is -0.229. The van der Waals surface area contributed by atoms with Crippen molar-refractivity contribution in [3.05, 3.63) is 55.4 Å². The largest absolute Gasteiger partial charge is 0.495 e. The van der Waals surface area contributed by atoms with Gasteiger partial charge in [-0.05, 0) is 45.4 Å². The van der Waals surface area contributed by atoms with Crippen LogP contribution in [0.3, 0.4) is 0 Å². The van der Waals surface area contributed by atoms with Crippen molar-refractivity contribution >= 4 is 34.5 Å². The van der Waals surface area contributed by atoms with E-state index in [1.807, 2.05) is 20.8 Å². The quantitative estimate of drug-likeness (QED) is 0.635. The maximum atomic E-state index is 12.8. The summed E-state index contributed by atoms with van der Waals surface area (Å²) in [6, 6.07) is 4.99. The highest BCUT2D eigenvalue weighted by Gasteiger charge is 2.17. The molecule has 1 aromatic carbocycles. The fraction of sp³-hybridized carbons (Fsp3) is 0.316. The molecule has 9 heteroatoms. The zero-order valence-corrected chi connectivity index (χ0v) is 17.6. The molecule has 0 radical (unpaired) electrons. The van der Waals surface area contributed by atoms with E-state index in [2.05, 4.69) is 15.4 Å². The molecule has 0 spiro atoms. The summed E-state index contributed by atoms with van der Waals surface area (Å²) in [7, 11) is 1.52. The van der Waals surface area contributed by atoms with E-state index >= 15 is 0 Å². The van der Waals surface area contributed by atoms with Crippen LogP contribution in [0.25, 0.3) is 5.13 Å². The molecule has 0 aliphatic heterocycles. The van der Waals surface area contributed by atoms with Crippen molar-refractivity contribution < 1.29 is 9.53 Å². The molecule has 0 saturated heterocycles. The topological polar surface area (TPSA) is 89.0 Å². The molecule has 1 amide bonds. The number of aromatic amines is 1. The van der Waals surface area contributed by atoms with Gasteiger partial charge in [0, 0.05) is 27.6 Å². The number of hydrogen-bond donors (Lipinski definition) is 2. The summed E-state index contributed by atoms with van der Waals surface area (Å²) in [5.41, 5.74) is 2.51. The highest BCUT2D eigenvalue weighted by atomic mass is 35.5. The monoisotopic (exact) mass is 420 g/mol. The third kappa shape index (κ3) is 4.13. The minimum absolute atomic E-state index is 0.152. The molecular formula is C19H21ClN4O3S. The van der Waals surface area contributed by atoms with E-state index in [4.69, 9.17) is 16.3 Å². The lowest BCUT2D eigenvalue weighted by Crippen LogP contribution is -2.19. The fourth-order valence-electron chi connectivity index (χ4n) is 2.79. The van der Waals surface area contributed by atoms with Gasteiger partial charge in [-0.3, -0.25) is 14.7 Å². The number of nitrogens with zero attached hydrogens (tertiary/aromatic N) is 2. The predicted octanol–water partition coefficient (Wildman–Crippen LogP) is 3.78. The van der Waals surface area contributed by atoms with Gasteiger partial charge in [0.25, 0.3) is 5.56 Å². The lowest BCUT2D eigenvalue weighted by Gasteiger charge is -2.10. The Labute approximate surface area is 171 Å². The molecule has 0 fully saturated rings. The number of H-pyrrole nitrogens is 1.